The summed E-state index contributed by atoms with van der Waals surface area (Å²) in [5, 5.41) is 3.11. The molecule has 0 atom stereocenters. The predicted octanol–water partition coefficient (Wildman–Crippen LogP) is 3.34. The summed E-state index contributed by atoms with van der Waals surface area (Å²) in [6, 6.07) is 2.35. The van der Waals surface area contributed by atoms with Crippen LogP contribution in [0.5, 0.6) is 5.75 Å². The number of hydrogen-bond donors (Lipinski definition) is 2. The normalized spacial score (nSPS) is 15.2. The summed E-state index contributed by atoms with van der Waals surface area (Å²) in [7, 11) is 0. The maximum absolute atomic E-state index is 14.5. The van der Waals surface area contributed by atoms with E-state index in [-0.39, 0.29) is 23.2 Å². The molecule has 3 aromatic rings. The van der Waals surface area contributed by atoms with Gasteiger partial charge in [-0.05, 0) is 38.1 Å². The highest BCUT2D eigenvalue weighted by Crippen LogP contribution is 2.37. The third-order valence-electron chi connectivity index (χ3n) is 4.53. The van der Waals surface area contributed by atoms with Crippen LogP contribution >= 0.6 is 11.6 Å². The van der Waals surface area contributed by atoms with Crippen molar-refractivity contribution in [3.63, 3.8) is 0 Å². The number of halogens is 3. The quantitative estimate of drug-likeness (QED) is 0.666. The van der Waals surface area contributed by atoms with Gasteiger partial charge < -0.3 is 15.8 Å². The Morgan fingerprint density at radius 3 is 2.70 bits per heavy atom. The molecule has 0 spiro atoms. The second-order valence-electron chi connectivity index (χ2n) is 6.24. The highest BCUT2D eigenvalue weighted by molar-refractivity contribution is 6.31. The van der Waals surface area contributed by atoms with Crippen molar-refractivity contribution in [2.24, 2.45) is 0 Å². The number of rotatable bonds is 3. The highest BCUT2D eigenvalue weighted by Gasteiger charge is 2.22. The first-order valence-electron chi connectivity index (χ1n) is 8.46. The van der Waals surface area contributed by atoms with Crippen LogP contribution in [0.3, 0.4) is 0 Å². The summed E-state index contributed by atoms with van der Waals surface area (Å²) >= 11 is 5.71. The average Bonchev–Trinajstić information content (AvgIpc) is 2.68. The minimum atomic E-state index is -0.908. The van der Waals surface area contributed by atoms with Crippen molar-refractivity contribution in [2.75, 3.05) is 18.8 Å². The first-order chi connectivity index (χ1) is 13.1. The fraction of sp³-hybridized carbons (Fsp3) is 0.278. The molecule has 0 radical (unpaired) electrons. The Bertz CT molecular complexity index is 1010. The molecule has 9 heteroatoms. The Labute approximate surface area is 158 Å². The topological polar surface area (TPSA) is 86.0 Å². The fourth-order valence-electron chi connectivity index (χ4n) is 3.16. The third-order valence-corrected chi connectivity index (χ3v) is 4.87. The molecular weight excluding hydrogens is 376 g/mol. The molecule has 3 N–H and O–H groups in total. The minimum Gasteiger partial charge on any atom is -0.488 e. The van der Waals surface area contributed by atoms with Crippen molar-refractivity contribution < 1.29 is 13.5 Å². The molecule has 1 fully saturated rings. The molecule has 1 aliphatic heterocycles. The SMILES string of the molecule is Nc1ncnc2c(-c3ccc(F)c(Cl)c3F)ncc(OC3CCNCC3)c12. The predicted molar refractivity (Wildman–Crippen MR) is 98.6 cm³/mol. The molecule has 1 aliphatic rings. The Morgan fingerprint density at radius 2 is 1.93 bits per heavy atom. The molecule has 0 amide bonds. The van der Waals surface area contributed by atoms with E-state index in [4.69, 9.17) is 22.1 Å². The average molecular weight is 392 g/mol. The lowest BCUT2D eigenvalue weighted by molar-refractivity contribution is 0.164. The van der Waals surface area contributed by atoms with Gasteiger partial charge in [-0.1, -0.05) is 11.6 Å². The molecule has 1 aromatic carbocycles. The highest BCUT2D eigenvalue weighted by atomic mass is 35.5. The lowest BCUT2D eigenvalue weighted by Crippen LogP contribution is -2.34. The number of nitrogen functional groups attached to an aromatic ring is 1. The van der Waals surface area contributed by atoms with Gasteiger partial charge >= 0.3 is 0 Å². The number of pyridine rings is 1. The van der Waals surface area contributed by atoms with E-state index in [1.165, 1.54) is 18.6 Å². The van der Waals surface area contributed by atoms with Crippen LogP contribution in [0.25, 0.3) is 22.2 Å². The van der Waals surface area contributed by atoms with Gasteiger partial charge in [0.1, 0.15) is 34.6 Å². The molecule has 2 aromatic heterocycles. The lowest BCUT2D eigenvalue weighted by Gasteiger charge is -2.24. The molecule has 0 saturated carbocycles. The maximum Gasteiger partial charge on any atom is 0.154 e. The van der Waals surface area contributed by atoms with Gasteiger partial charge in [-0.2, -0.15) is 0 Å². The van der Waals surface area contributed by atoms with Crippen molar-refractivity contribution >= 4 is 28.3 Å². The van der Waals surface area contributed by atoms with Crippen molar-refractivity contribution in [3.05, 3.63) is 41.3 Å². The molecule has 3 heterocycles. The van der Waals surface area contributed by atoms with Gasteiger partial charge in [-0.25, -0.2) is 23.7 Å². The molecule has 6 nitrogen and oxygen atoms in total. The molecule has 140 valence electrons. The fourth-order valence-corrected chi connectivity index (χ4v) is 3.32. The number of nitrogens with zero attached hydrogens (tertiary/aromatic N) is 3. The van der Waals surface area contributed by atoms with Crippen LogP contribution in [0.2, 0.25) is 5.02 Å². The zero-order valence-electron chi connectivity index (χ0n) is 14.2. The van der Waals surface area contributed by atoms with E-state index in [0.29, 0.717) is 16.7 Å². The second kappa shape index (κ2) is 7.21. The van der Waals surface area contributed by atoms with Crippen molar-refractivity contribution in [2.45, 2.75) is 18.9 Å². The number of anilines is 1. The zero-order chi connectivity index (χ0) is 19.0. The lowest BCUT2D eigenvalue weighted by atomic mass is 10.1. The molecule has 1 saturated heterocycles. The van der Waals surface area contributed by atoms with E-state index in [9.17, 15) is 8.78 Å². The number of aromatic nitrogens is 3. The molecule has 0 bridgehead atoms. The summed E-state index contributed by atoms with van der Waals surface area (Å²) < 4.78 is 34.1. The monoisotopic (exact) mass is 391 g/mol. The van der Waals surface area contributed by atoms with Crippen LogP contribution in [0.1, 0.15) is 12.8 Å². The molecule has 0 unspecified atom stereocenters. The van der Waals surface area contributed by atoms with Crippen LogP contribution in [-0.4, -0.2) is 34.1 Å². The molecular formula is C18H16ClF2N5O. The van der Waals surface area contributed by atoms with Gasteiger partial charge in [0.15, 0.2) is 11.6 Å². The maximum atomic E-state index is 14.5. The van der Waals surface area contributed by atoms with E-state index in [2.05, 4.69) is 20.3 Å². The zero-order valence-corrected chi connectivity index (χ0v) is 14.9. The Morgan fingerprint density at radius 1 is 1.15 bits per heavy atom. The summed E-state index contributed by atoms with van der Waals surface area (Å²) in [6.07, 6.45) is 4.44. The van der Waals surface area contributed by atoms with Crippen molar-refractivity contribution in [1.29, 1.82) is 0 Å². The number of nitrogens with two attached hydrogens (primary N) is 1. The van der Waals surface area contributed by atoms with Gasteiger partial charge in [-0.15, -0.1) is 0 Å². The van der Waals surface area contributed by atoms with Crippen LogP contribution < -0.4 is 15.8 Å². The van der Waals surface area contributed by atoms with Crippen LogP contribution in [-0.2, 0) is 0 Å². The Hall–Kier alpha value is -2.58. The van der Waals surface area contributed by atoms with Gasteiger partial charge in [0, 0.05) is 5.56 Å². The van der Waals surface area contributed by atoms with Crippen LogP contribution in [0, 0.1) is 11.6 Å². The largest absolute Gasteiger partial charge is 0.488 e. The Balaban J connectivity index is 1.86. The molecule has 27 heavy (non-hydrogen) atoms. The van der Waals surface area contributed by atoms with E-state index >= 15 is 0 Å². The Kier molecular flexibility index (Phi) is 4.75. The standard InChI is InChI=1S/C18H16ClF2N5O/c19-14-11(20)2-1-10(15(14)21)16-17-13(18(22)26-8-25-17)12(7-24-16)27-9-3-5-23-6-4-9/h1-2,7-9,23H,3-6H2,(H2,22,25,26). The smallest absolute Gasteiger partial charge is 0.154 e. The first kappa shape index (κ1) is 17.8. The third kappa shape index (κ3) is 3.26. The van der Waals surface area contributed by atoms with E-state index in [1.807, 2.05) is 0 Å². The number of ether oxygens (including phenoxy) is 1. The number of hydrogen-bond acceptors (Lipinski definition) is 6. The van der Waals surface area contributed by atoms with Gasteiger partial charge in [-0.3, -0.25) is 0 Å². The number of nitrogens with one attached hydrogen (secondary N) is 1. The number of piperidine rings is 1. The van der Waals surface area contributed by atoms with Crippen molar-refractivity contribution in [1.82, 2.24) is 20.3 Å². The van der Waals surface area contributed by atoms with Gasteiger partial charge in [0.2, 0.25) is 0 Å². The number of fused-ring (bicyclic) bond motifs is 1. The first-order valence-corrected chi connectivity index (χ1v) is 8.84. The molecule has 0 aliphatic carbocycles. The summed E-state index contributed by atoms with van der Waals surface area (Å²) in [5.74, 6) is -1.12. The van der Waals surface area contributed by atoms with Gasteiger partial charge in [0.05, 0.1) is 17.3 Å². The van der Waals surface area contributed by atoms with E-state index in [0.717, 1.165) is 32.0 Å². The van der Waals surface area contributed by atoms with Crippen LogP contribution in [0.4, 0.5) is 14.6 Å². The van der Waals surface area contributed by atoms with E-state index < -0.39 is 16.7 Å². The summed E-state index contributed by atoms with van der Waals surface area (Å²) in [5.41, 5.74) is 6.58. The van der Waals surface area contributed by atoms with Gasteiger partial charge in [0.25, 0.3) is 0 Å². The summed E-state index contributed by atoms with van der Waals surface area (Å²) in [4.78, 5) is 12.5. The second-order valence-corrected chi connectivity index (χ2v) is 6.62. The molecule has 4 rings (SSSR count). The number of benzene rings is 1. The summed E-state index contributed by atoms with van der Waals surface area (Å²) in [6.45, 7) is 1.72. The minimum absolute atomic E-state index is 0.0127. The van der Waals surface area contributed by atoms with Crippen molar-refractivity contribution in [3.8, 4) is 17.0 Å². The van der Waals surface area contributed by atoms with Crippen LogP contribution in [0.15, 0.2) is 24.7 Å². The van der Waals surface area contributed by atoms with E-state index in [1.54, 1.807) is 0 Å².